The van der Waals surface area contributed by atoms with E-state index in [1.54, 1.807) is 4.90 Å². The fourth-order valence-electron chi connectivity index (χ4n) is 1.37. The number of nitrogens with zero attached hydrogens (tertiary/aromatic N) is 1. The van der Waals surface area contributed by atoms with E-state index in [4.69, 9.17) is 6.42 Å². The lowest BCUT2D eigenvalue weighted by Gasteiger charge is -2.18. The van der Waals surface area contributed by atoms with Gasteiger partial charge in [0.2, 0.25) is 0 Å². The third-order valence-electron chi connectivity index (χ3n) is 1.99. The Hall–Kier alpha value is -1.01. The number of terminal acetylenes is 1. The zero-order chi connectivity index (χ0) is 8.97. The quantitative estimate of drug-likeness (QED) is 0.501. The molecule has 1 aliphatic rings. The van der Waals surface area contributed by atoms with E-state index in [1.807, 2.05) is 0 Å². The van der Waals surface area contributed by atoms with Crippen molar-refractivity contribution in [1.82, 2.24) is 10.2 Å². The molecule has 1 aliphatic heterocycles. The number of amides is 1. The van der Waals surface area contributed by atoms with Gasteiger partial charge in [0, 0.05) is 19.6 Å². The van der Waals surface area contributed by atoms with Gasteiger partial charge in [0.1, 0.15) is 0 Å². The molecule has 1 rings (SSSR count). The first-order valence-corrected chi connectivity index (χ1v) is 4.20. The normalized spacial score (nSPS) is 24.3. The molecule has 1 atom stereocenters. The van der Waals surface area contributed by atoms with Crippen molar-refractivity contribution in [3.8, 4) is 12.3 Å². The molecule has 0 aromatic heterocycles. The van der Waals surface area contributed by atoms with Crippen LogP contribution in [0.3, 0.4) is 0 Å². The number of rotatable bonds is 0. The lowest BCUT2D eigenvalue weighted by molar-refractivity contribution is -0.125. The Morgan fingerprint density at radius 2 is 2.50 bits per heavy atom. The minimum Gasteiger partial charge on any atom is -0.330 e. The molecule has 1 amide bonds. The smallest absolute Gasteiger partial charge is 0.298 e. The fourth-order valence-corrected chi connectivity index (χ4v) is 1.37. The standard InChI is InChI=1S/C9H14N2O/c1-3-9(12)11-5-4-10-6-8(2)7-11/h1,8,10H,4-7H2,2H3. The van der Waals surface area contributed by atoms with Crippen molar-refractivity contribution in [3.63, 3.8) is 0 Å². The summed E-state index contributed by atoms with van der Waals surface area (Å²) in [5, 5.41) is 3.24. The summed E-state index contributed by atoms with van der Waals surface area (Å²) < 4.78 is 0. The Morgan fingerprint density at radius 1 is 1.75 bits per heavy atom. The summed E-state index contributed by atoms with van der Waals surface area (Å²) in [4.78, 5) is 12.9. The molecule has 0 saturated carbocycles. The second-order valence-corrected chi connectivity index (χ2v) is 3.20. The van der Waals surface area contributed by atoms with Crippen LogP contribution in [0, 0.1) is 18.3 Å². The highest BCUT2D eigenvalue weighted by Crippen LogP contribution is 2.01. The highest BCUT2D eigenvalue weighted by Gasteiger charge is 2.16. The van der Waals surface area contributed by atoms with Gasteiger partial charge in [-0.15, -0.1) is 6.42 Å². The first-order valence-electron chi connectivity index (χ1n) is 4.20. The van der Waals surface area contributed by atoms with Crippen molar-refractivity contribution in [1.29, 1.82) is 0 Å². The van der Waals surface area contributed by atoms with Crippen LogP contribution in [0.1, 0.15) is 6.92 Å². The van der Waals surface area contributed by atoms with E-state index in [2.05, 4.69) is 18.2 Å². The lowest BCUT2D eigenvalue weighted by atomic mass is 10.2. The Kier molecular flexibility index (Phi) is 3.12. The predicted octanol–water partition coefficient (Wildman–Crippen LogP) is -0.312. The number of hydrogen-bond acceptors (Lipinski definition) is 2. The molecule has 0 aromatic carbocycles. The largest absolute Gasteiger partial charge is 0.330 e. The zero-order valence-corrected chi connectivity index (χ0v) is 7.34. The average Bonchev–Trinajstić information content (AvgIpc) is 2.28. The average molecular weight is 166 g/mol. The molecule has 1 saturated heterocycles. The maximum Gasteiger partial charge on any atom is 0.298 e. The van der Waals surface area contributed by atoms with Crippen LogP contribution in [0.2, 0.25) is 0 Å². The topological polar surface area (TPSA) is 32.3 Å². The van der Waals surface area contributed by atoms with E-state index >= 15 is 0 Å². The van der Waals surface area contributed by atoms with Crippen molar-refractivity contribution in [2.75, 3.05) is 26.2 Å². The van der Waals surface area contributed by atoms with Gasteiger partial charge in [0.05, 0.1) is 0 Å². The van der Waals surface area contributed by atoms with Gasteiger partial charge in [-0.1, -0.05) is 6.92 Å². The van der Waals surface area contributed by atoms with Crippen molar-refractivity contribution in [3.05, 3.63) is 0 Å². The van der Waals surface area contributed by atoms with E-state index in [0.717, 1.165) is 26.2 Å². The van der Waals surface area contributed by atoms with E-state index in [-0.39, 0.29) is 5.91 Å². The van der Waals surface area contributed by atoms with Crippen LogP contribution in [0.5, 0.6) is 0 Å². The van der Waals surface area contributed by atoms with Crippen molar-refractivity contribution < 1.29 is 4.79 Å². The second-order valence-electron chi connectivity index (χ2n) is 3.20. The first kappa shape index (κ1) is 9.08. The lowest BCUT2D eigenvalue weighted by Crippen LogP contribution is -2.34. The van der Waals surface area contributed by atoms with Crippen molar-refractivity contribution >= 4 is 5.91 Å². The Morgan fingerprint density at radius 3 is 3.17 bits per heavy atom. The van der Waals surface area contributed by atoms with Gasteiger partial charge in [-0.25, -0.2) is 0 Å². The van der Waals surface area contributed by atoms with Gasteiger partial charge in [0.25, 0.3) is 5.91 Å². The fraction of sp³-hybridized carbons (Fsp3) is 0.667. The molecule has 1 heterocycles. The van der Waals surface area contributed by atoms with Crippen LogP contribution >= 0.6 is 0 Å². The summed E-state index contributed by atoms with van der Waals surface area (Å²) in [5.74, 6) is 2.44. The van der Waals surface area contributed by atoms with Crippen LogP contribution in [0.25, 0.3) is 0 Å². The van der Waals surface area contributed by atoms with Crippen LogP contribution in [0.15, 0.2) is 0 Å². The molecule has 1 fully saturated rings. The zero-order valence-electron chi connectivity index (χ0n) is 7.34. The third kappa shape index (κ3) is 2.24. The molecule has 0 aromatic rings. The molecule has 66 valence electrons. The number of nitrogens with one attached hydrogen (secondary N) is 1. The summed E-state index contributed by atoms with van der Waals surface area (Å²) in [5.41, 5.74) is 0. The minimum absolute atomic E-state index is 0.189. The summed E-state index contributed by atoms with van der Waals surface area (Å²) in [6.07, 6.45) is 5.04. The van der Waals surface area contributed by atoms with Gasteiger partial charge in [0.15, 0.2) is 0 Å². The van der Waals surface area contributed by atoms with Gasteiger partial charge in [-0.3, -0.25) is 4.79 Å². The number of hydrogen-bond donors (Lipinski definition) is 1. The second kappa shape index (κ2) is 4.13. The molecule has 1 N–H and O–H groups in total. The van der Waals surface area contributed by atoms with Crippen LogP contribution < -0.4 is 5.32 Å². The summed E-state index contributed by atoms with van der Waals surface area (Å²) in [7, 11) is 0. The molecule has 0 radical (unpaired) electrons. The summed E-state index contributed by atoms with van der Waals surface area (Å²) in [6, 6.07) is 0. The van der Waals surface area contributed by atoms with Gasteiger partial charge in [-0.2, -0.15) is 0 Å². The molecule has 0 spiro atoms. The molecule has 0 aliphatic carbocycles. The monoisotopic (exact) mass is 166 g/mol. The molecule has 0 bridgehead atoms. The number of carbonyl (C=O) groups is 1. The summed E-state index contributed by atoms with van der Waals surface area (Å²) >= 11 is 0. The SMILES string of the molecule is C#CC(=O)N1CCNCC(C)C1. The first-order chi connectivity index (χ1) is 5.74. The van der Waals surface area contributed by atoms with E-state index in [9.17, 15) is 4.79 Å². The Labute approximate surface area is 73.1 Å². The van der Waals surface area contributed by atoms with Gasteiger partial charge >= 0.3 is 0 Å². The summed E-state index contributed by atoms with van der Waals surface area (Å²) in [6.45, 7) is 5.42. The van der Waals surface area contributed by atoms with Crippen LogP contribution in [-0.4, -0.2) is 37.0 Å². The Balaban J connectivity index is 2.53. The maximum absolute atomic E-state index is 11.1. The molecule has 1 unspecified atom stereocenters. The van der Waals surface area contributed by atoms with Gasteiger partial charge < -0.3 is 10.2 Å². The minimum atomic E-state index is -0.189. The molecule has 3 nitrogen and oxygen atoms in total. The molecule has 12 heavy (non-hydrogen) atoms. The van der Waals surface area contributed by atoms with Crippen molar-refractivity contribution in [2.24, 2.45) is 5.92 Å². The maximum atomic E-state index is 11.1. The van der Waals surface area contributed by atoms with Crippen molar-refractivity contribution in [2.45, 2.75) is 6.92 Å². The predicted molar refractivity (Wildman–Crippen MR) is 47.4 cm³/mol. The van der Waals surface area contributed by atoms with Crippen LogP contribution in [-0.2, 0) is 4.79 Å². The molecular formula is C9H14N2O. The highest BCUT2D eigenvalue weighted by atomic mass is 16.2. The van der Waals surface area contributed by atoms with E-state index in [1.165, 1.54) is 0 Å². The van der Waals surface area contributed by atoms with Crippen LogP contribution in [0.4, 0.5) is 0 Å². The highest BCUT2D eigenvalue weighted by molar-refractivity contribution is 5.92. The number of carbonyl (C=O) groups excluding carboxylic acids is 1. The van der Waals surface area contributed by atoms with E-state index in [0.29, 0.717) is 5.92 Å². The van der Waals surface area contributed by atoms with E-state index < -0.39 is 0 Å². The molecule has 3 heteroatoms. The molecular weight excluding hydrogens is 152 g/mol. The third-order valence-corrected chi connectivity index (χ3v) is 1.99. The van der Waals surface area contributed by atoms with Gasteiger partial charge in [-0.05, 0) is 18.4 Å². The Bertz CT molecular complexity index is 207.